The van der Waals surface area contributed by atoms with Crippen LogP contribution in [0.4, 0.5) is 0 Å². The number of aromatic amines is 1. The van der Waals surface area contributed by atoms with Crippen LogP contribution >= 0.6 is 11.6 Å². The maximum absolute atomic E-state index is 12.3. The van der Waals surface area contributed by atoms with Crippen LogP contribution in [0, 0.1) is 5.92 Å². The molecule has 0 spiro atoms. The molecule has 0 fully saturated rings. The van der Waals surface area contributed by atoms with E-state index in [1.165, 1.54) is 0 Å². The normalized spacial score (nSPS) is 15.7. The number of rotatable bonds is 6. The van der Waals surface area contributed by atoms with Gasteiger partial charge in [-0.05, 0) is 42.3 Å². The molecule has 1 aliphatic heterocycles. The highest BCUT2D eigenvalue weighted by Crippen LogP contribution is 2.38. The molecule has 0 saturated carbocycles. The first kappa shape index (κ1) is 20.2. The summed E-state index contributed by atoms with van der Waals surface area (Å²) in [4.78, 5) is 19.3. The standard InChI is InChI=1S/C24H23ClN2O3/c1-15(2)14-29-21-10-6-4-8-17(21)19-13-20(27-24(28)26-19)23-12-11-22(30-23)16-7-3-5-9-18(16)25/h3-11,13,15,23H,12,14H2,1-2H3,(H,26,27,28). The first-order chi connectivity index (χ1) is 14.5. The monoisotopic (exact) mass is 422 g/mol. The highest BCUT2D eigenvalue weighted by atomic mass is 35.5. The number of para-hydroxylation sites is 1. The van der Waals surface area contributed by atoms with E-state index in [0.29, 0.717) is 46.9 Å². The number of aromatic nitrogens is 2. The van der Waals surface area contributed by atoms with Gasteiger partial charge in [0.15, 0.2) is 0 Å². The van der Waals surface area contributed by atoms with Crippen molar-refractivity contribution in [2.75, 3.05) is 6.61 Å². The molecule has 0 radical (unpaired) electrons. The number of hydrogen-bond acceptors (Lipinski definition) is 4. The minimum absolute atomic E-state index is 0.311. The maximum atomic E-state index is 12.3. The van der Waals surface area contributed by atoms with Crippen LogP contribution in [0.5, 0.6) is 5.75 Å². The predicted molar refractivity (Wildman–Crippen MR) is 118 cm³/mol. The lowest BCUT2D eigenvalue weighted by atomic mass is 10.1. The van der Waals surface area contributed by atoms with Crippen molar-refractivity contribution in [2.45, 2.75) is 26.4 Å². The Balaban J connectivity index is 1.62. The minimum Gasteiger partial charge on any atom is -0.493 e. The summed E-state index contributed by atoms with van der Waals surface area (Å²) in [5, 5.41) is 0.629. The van der Waals surface area contributed by atoms with E-state index in [4.69, 9.17) is 21.1 Å². The zero-order chi connectivity index (χ0) is 21.1. The van der Waals surface area contributed by atoms with E-state index in [2.05, 4.69) is 23.8 Å². The van der Waals surface area contributed by atoms with Crippen LogP contribution in [0.25, 0.3) is 17.0 Å². The molecule has 0 amide bonds. The van der Waals surface area contributed by atoms with Crippen molar-refractivity contribution in [1.29, 1.82) is 0 Å². The first-order valence-electron chi connectivity index (χ1n) is 9.96. The van der Waals surface area contributed by atoms with Gasteiger partial charge in [0.2, 0.25) is 0 Å². The molecule has 5 nitrogen and oxygen atoms in total. The van der Waals surface area contributed by atoms with Crippen molar-refractivity contribution in [3.63, 3.8) is 0 Å². The lowest BCUT2D eigenvalue weighted by Gasteiger charge is -2.16. The van der Waals surface area contributed by atoms with E-state index in [0.717, 1.165) is 11.1 Å². The number of nitrogens with one attached hydrogen (secondary N) is 1. The van der Waals surface area contributed by atoms with Gasteiger partial charge in [0.25, 0.3) is 0 Å². The second-order valence-electron chi connectivity index (χ2n) is 7.62. The van der Waals surface area contributed by atoms with Gasteiger partial charge in [-0.3, -0.25) is 0 Å². The molecule has 4 rings (SSSR count). The van der Waals surface area contributed by atoms with Crippen LogP contribution < -0.4 is 10.4 Å². The third-order valence-electron chi connectivity index (χ3n) is 4.77. The maximum Gasteiger partial charge on any atom is 0.345 e. The second-order valence-corrected chi connectivity index (χ2v) is 8.03. The fraction of sp³-hybridized carbons (Fsp3) is 0.250. The van der Waals surface area contributed by atoms with Gasteiger partial charge in [0.05, 0.1) is 23.0 Å². The average molecular weight is 423 g/mol. The van der Waals surface area contributed by atoms with Crippen LogP contribution in [0.2, 0.25) is 5.02 Å². The predicted octanol–water partition coefficient (Wildman–Crippen LogP) is 5.63. The molecule has 1 atom stereocenters. The lowest BCUT2D eigenvalue weighted by Crippen LogP contribution is -2.16. The Hall–Kier alpha value is -3.05. The second kappa shape index (κ2) is 8.76. The van der Waals surface area contributed by atoms with E-state index in [1.54, 1.807) is 0 Å². The van der Waals surface area contributed by atoms with Gasteiger partial charge in [-0.25, -0.2) is 4.79 Å². The zero-order valence-corrected chi connectivity index (χ0v) is 17.6. The molecule has 154 valence electrons. The Morgan fingerprint density at radius 1 is 1.17 bits per heavy atom. The molecular formula is C24H23ClN2O3. The number of hydrogen-bond donors (Lipinski definition) is 1. The molecule has 6 heteroatoms. The number of ether oxygens (including phenoxy) is 2. The molecule has 2 heterocycles. The topological polar surface area (TPSA) is 64.2 Å². The van der Waals surface area contributed by atoms with Crippen molar-refractivity contribution in [3.8, 4) is 17.0 Å². The van der Waals surface area contributed by atoms with Crippen LogP contribution in [0.1, 0.15) is 37.6 Å². The third-order valence-corrected chi connectivity index (χ3v) is 5.10. The first-order valence-corrected chi connectivity index (χ1v) is 10.3. The highest BCUT2D eigenvalue weighted by Gasteiger charge is 2.24. The van der Waals surface area contributed by atoms with Gasteiger partial charge < -0.3 is 14.5 Å². The van der Waals surface area contributed by atoms with Crippen LogP contribution in [0.15, 0.2) is 65.5 Å². The fourth-order valence-electron chi connectivity index (χ4n) is 3.34. The van der Waals surface area contributed by atoms with E-state index >= 15 is 0 Å². The van der Waals surface area contributed by atoms with Gasteiger partial charge >= 0.3 is 5.69 Å². The summed E-state index contributed by atoms with van der Waals surface area (Å²) in [6, 6.07) is 17.0. The molecule has 30 heavy (non-hydrogen) atoms. The van der Waals surface area contributed by atoms with Crippen LogP contribution in [-0.2, 0) is 4.74 Å². The molecule has 1 N–H and O–H groups in total. The summed E-state index contributed by atoms with van der Waals surface area (Å²) < 4.78 is 12.1. The number of halogens is 1. The summed E-state index contributed by atoms with van der Waals surface area (Å²) >= 11 is 6.30. The molecule has 1 aromatic heterocycles. The summed E-state index contributed by atoms with van der Waals surface area (Å²) in [6.07, 6.45) is 2.31. The fourth-order valence-corrected chi connectivity index (χ4v) is 3.57. The Kier molecular flexibility index (Phi) is 5.91. The van der Waals surface area contributed by atoms with Crippen molar-refractivity contribution in [3.05, 3.63) is 87.4 Å². The van der Waals surface area contributed by atoms with Crippen LogP contribution in [-0.4, -0.2) is 16.6 Å². The molecule has 1 aliphatic rings. The summed E-state index contributed by atoms with van der Waals surface area (Å²) in [6.45, 7) is 4.77. The minimum atomic E-state index is -0.420. The van der Waals surface area contributed by atoms with Crippen LogP contribution in [0.3, 0.4) is 0 Å². The van der Waals surface area contributed by atoms with E-state index in [1.807, 2.05) is 60.7 Å². The summed E-state index contributed by atoms with van der Waals surface area (Å²) in [7, 11) is 0. The van der Waals surface area contributed by atoms with E-state index < -0.39 is 5.69 Å². The summed E-state index contributed by atoms with van der Waals surface area (Å²) in [5.41, 5.74) is 2.43. The SMILES string of the molecule is CC(C)COc1ccccc1-c1cc(C2CC=C(c3ccccc3Cl)O2)[nH]c(=O)n1. The molecule has 0 aliphatic carbocycles. The van der Waals surface area contributed by atoms with Gasteiger partial charge in [0, 0.05) is 17.5 Å². The molecular weight excluding hydrogens is 400 g/mol. The van der Waals surface area contributed by atoms with Gasteiger partial charge in [-0.15, -0.1) is 0 Å². The molecule has 1 unspecified atom stereocenters. The number of H-pyrrole nitrogens is 1. The quantitative estimate of drug-likeness (QED) is 0.559. The average Bonchev–Trinajstić information content (AvgIpc) is 3.22. The molecule has 3 aromatic rings. The highest BCUT2D eigenvalue weighted by molar-refractivity contribution is 6.32. The smallest absolute Gasteiger partial charge is 0.345 e. The molecule has 2 aromatic carbocycles. The Morgan fingerprint density at radius 3 is 2.67 bits per heavy atom. The Bertz CT molecular complexity index is 1140. The van der Waals surface area contributed by atoms with Crippen molar-refractivity contribution in [1.82, 2.24) is 9.97 Å². The Labute approximate surface area is 180 Å². The lowest BCUT2D eigenvalue weighted by molar-refractivity contribution is 0.189. The Morgan fingerprint density at radius 2 is 1.90 bits per heavy atom. The van der Waals surface area contributed by atoms with Crippen molar-refractivity contribution in [2.24, 2.45) is 5.92 Å². The molecule has 0 bridgehead atoms. The largest absolute Gasteiger partial charge is 0.493 e. The van der Waals surface area contributed by atoms with Gasteiger partial charge in [0.1, 0.15) is 17.6 Å². The van der Waals surface area contributed by atoms with Crippen molar-refractivity contribution < 1.29 is 9.47 Å². The van der Waals surface area contributed by atoms with E-state index in [9.17, 15) is 4.79 Å². The summed E-state index contributed by atoms with van der Waals surface area (Å²) in [5.74, 6) is 1.81. The number of nitrogens with zero attached hydrogens (tertiary/aromatic N) is 1. The number of benzene rings is 2. The zero-order valence-electron chi connectivity index (χ0n) is 16.9. The van der Waals surface area contributed by atoms with E-state index in [-0.39, 0.29) is 6.10 Å². The van der Waals surface area contributed by atoms with Gasteiger partial charge in [-0.2, -0.15) is 4.98 Å². The van der Waals surface area contributed by atoms with Crippen molar-refractivity contribution >= 4 is 17.4 Å². The molecule has 0 saturated heterocycles. The third kappa shape index (κ3) is 4.41. The van der Waals surface area contributed by atoms with Gasteiger partial charge in [-0.1, -0.05) is 49.7 Å².